The fraction of sp³-hybridized carbons (Fsp3) is 1.00. The third-order valence-corrected chi connectivity index (χ3v) is 3.54. The van der Waals surface area contributed by atoms with Crippen molar-refractivity contribution in [3.05, 3.63) is 0 Å². The summed E-state index contributed by atoms with van der Waals surface area (Å²) in [6, 6.07) is 0.450. The van der Waals surface area contributed by atoms with Gasteiger partial charge in [0.05, 0.1) is 6.54 Å². The van der Waals surface area contributed by atoms with Crippen LogP contribution in [0.15, 0.2) is 0 Å². The first-order chi connectivity index (χ1) is 6.67. The van der Waals surface area contributed by atoms with Gasteiger partial charge in [-0.2, -0.15) is 0 Å². The molecule has 1 nitrogen and oxygen atoms in total. The molecule has 0 aromatic carbocycles. The van der Waals surface area contributed by atoms with E-state index in [2.05, 4.69) is 0 Å². The molecule has 0 unspecified atom stereocenters. The quantitative estimate of drug-likeness (QED) is 0.592. The zero-order valence-corrected chi connectivity index (χ0v) is 8.64. The lowest BCUT2D eigenvalue weighted by Gasteiger charge is -2.26. The molecule has 1 heterocycles. The van der Waals surface area contributed by atoms with Crippen molar-refractivity contribution >= 4 is 0 Å². The maximum atomic E-state index is 13.0. The molecule has 0 aromatic rings. The molecule has 0 amide bonds. The van der Waals surface area contributed by atoms with Crippen molar-refractivity contribution in [2.24, 2.45) is 0 Å². The average molecular weight is 203 g/mol. The van der Waals surface area contributed by atoms with Gasteiger partial charge in [0.2, 0.25) is 0 Å². The Morgan fingerprint density at radius 3 is 2.14 bits per heavy atom. The second-order valence-corrected chi connectivity index (χ2v) is 4.72. The van der Waals surface area contributed by atoms with Crippen LogP contribution in [0.5, 0.6) is 0 Å². The Labute approximate surface area is 84.5 Å². The van der Waals surface area contributed by atoms with Crippen molar-refractivity contribution in [2.75, 3.05) is 13.1 Å². The molecule has 1 saturated carbocycles. The zero-order valence-electron chi connectivity index (χ0n) is 8.64. The summed E-state index contributed by atoms with van der Waals surface area (Å²) < 4.78 is 26.0. The normalized spacial score (nSPS) is 30.4. The van der Waals surface area contributed by atoms with E-state index in [-0.39, 0.29) is 13.0 Å². The van der Waals surface area contributed by atoms with Gasteiger partial charge in [0.1, 0.15) is 0 Å². The van der Waals surface area contributed by atoms with Crippen molar-refractivity contribution in [2.45, 2.75) is 56.9 Å². The monoisotopic (exact) mass is 203 g/mol. The molecule has 14 heavy (non-hydrogen) atoms. The number of hydrogen-bond acceptors (Lipinski definition) is 1. The lowest BCUT2D eigenvalue weighted by Crippen LogP contribution is -2.34. The molecule has 0 bridgehead atoms. The van der Waals surface area contributed by atoms with Crippen LogP contribution in [0.1, 0.15) is 44.9 Å². The van der Waals surface area contributed by atoms with Crippen LogP contribution in [0.25, 0.3) is 0 Å². The first-order valence-electron chi connectivity index (χ1n) is 5.79. The summed E-state index contributed by atoms with van der Waals surface area (Å²) >= 11 is 0. The number of rotatable bonds is 1. The predicted molar refractivity (Wildman–Crippen MR) is 52.6 cm³/mol. The van der Waals surface area contributed by atoms with E-state index in [0.717, 1.165) is 12.8 Å². The molecule has 2 aliphatic rings. The first-order valence-corrected chi connectivity index (χ1v) is 5.79. The van der Waals surface area contributed by atoms with Crippen LogP contribution >= 0.6 is 0 Å². The van der Waals surface area contributed by atoms with Crippen LogP contribution in [-0.4, -0.2) is 30.0 Å². The third kappa shape index (κ3) is 2.44. The Balaban J connectivity index is 1.88. The van der Waals surface area contributed by atoms with Gasteiger partial charge in [0.25, 0.3) is 5.92 Å². The van der Waals surface area contributed by atoms with Gasteiger partial charge in [0.15, 0.2) is 0 Å². The minimum atomic E-state index is -2.41. The van der Waals surface area contributed by atoms with Crippen molar-refractivity contribution in [3.63, 3.8) is 0 Å². The maximum absolute atomic E-state index is 13.0. The van der Waals surface area contributed by atoms with Crippen LogP contribution in [0, 0.1) is 0 Å². The van der Waals surface area contributed by atoms with Crippen molar-refractivity contribution in [1.82, 2.24) is 4.90 Å². The van der Waals surface area contributed by atoms with Gasteiger partial charge in [-0.05, 0) is 12.8 Å². The van der Waals surface area contributed by atoms with Gasteiger partial charge < -0.3 is 0 Å². The minimum Gasteiger partial charge on any atom is -0.294 e. The van der Waals surface area contributed by atoms with Gasteiger partial charge in [0, 0.05) is 19.0 Å². The van der Waals surface area contributed by atoms with Crippen molar-refractivity contribution in [3.8, 4) is 0 Å². The van der Waals surface area contributed by atoms with Crippen LogP contribution in [0.2, 0.25) is 0 Å². The smallest absolute Gasteiger partial charge is 0.261 e. The highest BCUT2D eigenvalue weighted by molar-refractivity contribution is 4.86. The lowest BCUT2D eigenvalue weighted by atomic mass is 10.1. The zero-order chi connectivity index (χ0) is 10.0. The number of alkyl halides is 2. The molecule has 2 rings (SSSR count). The summed E-state index contributed by atoms with van der Waals surface area (Å²) in [6.45, 7) is 0.620. The second kappa shape index (κ2) is 4.13. The predicted octanol–water partition coefficient (Wildman–Crippen LogP) is 3.05. The molecule has 0 radical (unpaired) electrons. The lowest BCUT2D eigenvalue weighted by molar-refractivity contribution is 0.00678. The average Bonchev–Trinajstić information content (AvgIpc) is 2.42. The fourth-order valence-corrected chi connectivity index (χ4v) is 2.70. The molecular weight excluding hydrogens is 184 g/mol. The third-order valence-electron chi connectivity index (χ3n) is 3.54. The van der Waals surface area contributed by atoms with Crippen LogP contribution in [0.3, 0.4) is 0 Å². The Morgan fingerprint density at radius 1 is 1.00 bits per heavy atom. The van der Waals surface area contributed by atoms with E-state index in [1.807, 2.05) is 4.90 Å². The number of likely N-dealkylation sites (tertiary alicyclic amines) is 1. The summed E-state index contributed by atoms with van der Waals surface area (Å²) in [5.74, 6) is -2.41. The molecule has 2 fully saturated rings. The molecule has 1 aliphatic heterocycles. The van der Waals surface area contributed by atoms with E-state index in [1.165, 1.54) is 25.7 Å². The van der Waals surface area contributed by atoms with E-state index in [9.17, 15) is 8.78 Å². The number of nitrogens with zero attached hydrogens (tertiary/aromatic N) is 1. The van der Waals surface area contributed by atoms with Gasteiger partial charge in [-0.3, -0.25) is 4.90 Å². The van der Waals surface area contributed by atoms with E-state index >= 15 is 0 Å². The molecule has 0 spiro atoms. The number of halogens is 2. The Bertz CT molecular complexity index is 183. The van der Waals surface area contributed by atoms with Gasteiger partial charge in [-0.1, -0.05) is 25.7 Å². The van der Waals surface area contributed by atoms with Crippen LogP contribution < -0.4 is 0 Å². The molecule has 0 aromatic heterocycles. The number of hydrogen-bond donors (Lipinski definition) is 0. The maximum Gasteiger partial charge on any atom is 0.261 e. The molecular formula is C11H19F2N. The van der Waals surface area contributed by atoms with Gasteiger partial charge in [-0.15, -0.1) is 0 Å². The SMILES string of the molecule is FC1(F)CCN(C2CCCCCC2)C1. The Morgan fingerprint density at radius 2 is 1.64 bits per heavy atom. The van der Waals surface area contributed by atoms with Crippen molar-refractivity contribution in [1.29, 1.82) is 0 Å². The largest absolute Gasteiger partial charge is 0.294 e. The van der Waals surface area contributed by atoms with Crippen LogP contribution in [0.4, 0.5) is 8.78 Å². The molecule has 82 valence electrons. The van der Waals surface area contributed by atoms with E-state index in [4.69, 9.17) is 0 Å². The Kier molecular flexibility index (Phi) is 3.05. The standard InChI is InChI=1S/C11H19F2N/c12-11(13)7-8-14(9-11)10-5-3-1-2-4-6-10/h10H,1-9H2. The van der Waals surface area contributed by atoms with E-state index in [0.29, 0.717) is 12.6 Å². The molecule has 0 N–H and O–H groups in total. The molecule has 3 heteroatoms. The fourth-order valence-electron chi connectivity index (χ4n) is 2.70. The molecule has 0 atom stereocenters. The van der Waals surface area contributed by atoms with Gasteiger partial charge >= 0.3 is 0 Å². The van der Waals surface area contributed by atoms with E-state index in [1.54, 1.807) is 0 Å². The first kappa shape index (κ1) is 10.3. The summed E-state index contributed by atoms with van der Waals surface area (Å²) in [4.78, 5) is 2.02. The summed E-state index contributed by atoms with van der Waals surface area (Å²) in [7, 11) is 0. The summed E-state index contributed by atoms with van der Waals surface area (Å²) in [5.41, 5.74) is 0. The highest BCUT2D eigenvalue weighted by Crippen LogP contribution is 2.31. The molecule has 1 saturated heterocycles. The topological polar surface area (TPSA) is 3.24 Å². The highest BCUT2D eigenvalue weighted by Gasteiger charge is 2.40. The van der Waals surface area contributed by atoms with Crippen molar-refractivity contribution < 1.29 is 8.78 Å². The minimum absolute atomic E-state index is 0.0116. The van der Waals surface area contributed by atoms with Crippen LogP contribution in [-0.2, 0) is 0 Å². The molecule has 1 aliphatic carbocycles. The summed E-state index contributed by atoms with van der Waals surface area (Å²) in [6.07, 6.45) is 7.39. The highest BCUT2D eigenvalue weighted by atomic mass is 19.3. The van der Waals surface area contributed by atoms with E-state index < -0.39 is 5.92 Å². The van der Waals surface area contributed by atoms with Gasteiger partial charge in [-0.25, -0.2) is 8.78 Å². The second-order valence-electron chi connectivity index (χ2n) is 4.72. The Hall–Kier alpha value is -0.180. The summed E-state index contributed by atoms with van der Waals surface area (Å²) in [5, 5.41) is 0.